The second-order valence-corrected chi connectivity index (χ2v) is 5.80. The number of rotatable bonds is 5. The van der Waals surface area contributed by atoms with Crippen LogP contribution in [0.4, 0.5) is 0 Å². The first kappa shape index (κ1) is 13.4. The molecule has 0 spiro atoms. The van der Waals surface area contributed by atoms with E-state index in [0.29, 0.717) is 23.9 Å². The number of nitrogens with one attached hydrogen (secondary N) is 1. The number of aromatic amines is 1. The van der Waals surface area contributed by atoms with E-state index in [1.54, 1.807) is 4.57 Å². The monoisotopic (exact) mass is 269 g/mol. The lowest BCUT2D eigenvalue weighted by Gasteiger charge is -2.19. The number of ketones is 1. The maximum absolute atomic E-state index is 11.8. The van der Waals surface area contributed by atoms with Crippen LogP contribution >= 0.6 is 11.8 Å². The number of H-pyrrole nitrogens is 1. The summed E-state index contributed by atoms with van der Waals surface area (Å²) in [4.78, 5) is 23.4. The molecule has 18 heavy (non-hydrogen) atoms. The lowest BCUT2D eigenvalue weighted by molar-refractivity contribution is -0.119. The van der Waals surface area contributed by atoms with Gasteiger partial charge in [-0.1, -0.05) is 31.5 Å². The standard InChI is InChI=1S/C12H19N3O2S/c1-2-3-8-15-11(17)13-14-12(15)18-10-7-5-4-6-9(10)16/h10H,2-8H2,1H3,(H,13,17). The maximum Gasteiger partial charge on any atom is 0.343 e. The Morgan fingerprint density at radius 2 is 2.28 bits per heavy atom. The maximum atomic E-state index is 11.8. The van der Waals surface area contributed by atoms with E-state index in [1.165, 1.54) is 11.8 Å². The molecule has 1 heterocycles. The second-order valence-electron chi connectivity index (χ2n) is 4.64. The molecule has 0 bridgehead atoms. The van der Waals surface area contributed by atoms with E-state index in [1.807, 2.05) is 0 Å². The first-order chi connectivity index (χ1) is 8.72. The van der Waals surface area contributed by atoms with Crippen molar-refractivity contribution in [3.8, 4) is 0 Å². The van der Waals surface area contributed by atoms with E-state index in [2.05, 4.69) is 17.1 Å². The molecule has 1 unspecified atom stereocenters. The molecule has 0 amide bonds. The van der Waals surface area contributed by atoms with E-state index in [-0.39, 0.29) is 10.9 Å². The molecule has 1 aliphatic carbocycles. The molecule has 1 aromatic heterocycles. The van der Waals surface area contributed by atoms with Crippen LogP contribution in [0.2, 0.25) is 0 Å². The molecule has 1 saturated carbocycles. The fourth-order valence-corrected chi connectivity index (χ4v) is 3.30. The highest BCUT2D eigenvalue weighted by molar-refractivity contribution is 8.00. The number of carbonyl (C=O) groups is 1. The van der Waals surface area contributed by atoms with Crippen LogP contribution in [0.25, 0.3) is 0 Å². The van der Waals surface area contributed by atoms with Crippen LogP contribution < -0.4 is 5.69 Å². The Morgan fingerprint density at radius 3 is 3.00 bits per heavy atom. The van der Waals surface area contributed by atoms with Gasteiger partial charge in [-0.3, -0.25) is 9.36 Å². The van der Waals surface area contributed by atoms with Gasteiger partial charge >= 0.3 is 5.69 Å². The number of thioether (sulfide) groups is 1. The Kier molecular flexibility index (Phi) is 4.63. The zero-order valence-corrected chi connectivity index (χ0v) is 11.5. The third-order valence-corrected chi connectivity index (χ3v) is 4.51. The highest BCUT2D eigenvalue weighted by atomic mass is 32.2. The molecule has 6 heteroatoms. The molecule has 0 aliphatic heterocycles. The van der Waals surface area contributed by atoms with Crippen LogP contribution in [0.5, 0.6) is 0 Å². The first-order valence-electron chi connectivity index (χ1n) is 6.57. The van der Waals surface area contributed by atoms with Crippen LogP contribution in [0.1, 0.15) is 45.4 Å². The van der Waals surface area contributed by atoms with Gasteiger partial charge in [-0.05, 0) is 19.3 Å². The Hall–Kier alpha value is -1.04. The first-order valence-corrected chi connectivity index (χ1v) is 7.45. The number of hydrogen-bond acceptors (Lipinski definition) is 4. The van der Waals surface area contributed by atoms with Crippen LogP contribution in [0.15, 0.2) is 9.95 Å². The SMILES string of the molecule is CCCCn1c(SC2CCCCC2=O)n[nH]c1=O. The molecule has 0 aromatic carbocycles. The van der Waals surface area contributed by atoms with Gasteiger partial charge in [0.05, 0.1) is 5.25 Å². The van der Waals surface area contributed by atoms with Gasteiger partial charge in [0.2, 0.25) is 0 Å². The third-order valence-electron chi connectivity index (χ3n) is 3.20. The van der Waals surface area contributed by atoms with Crippen molar-refractivity contribution >= 4 is 17.5 Å². The van der Waals surface area contributed by atoms with Gasteiger partial charge in [0.1, 0.15) is 5.78 Å². The molecule has 2 rings (SSSR count). The van der Waals surface area contributed by atoms with Crippen LogP contribution in [-0.4, -0.2) is 25.8 Å². The number of Topliss-reactive ketones (excluding diaryl/α,β-unsaturated/α-hetero) is 1. The topological polar surface area (TPSA) is 67.8 Å². The predicted molar refractivity (Wildman–Crippen MR) is 70.9 cm³/mol. The summed E-state index contributed by atoms with van der Waals surface area (Å²) in [6.07, 6.45) is 5.64. The van der Waals surface area contributed by atoms with E-state index >= 15 is 0 Å². The summed E-state index contributed by atoms with van der Waals surface area (Å²) >= 11 is 1.44. The lowest BCUT2D eigenvalue weighted by Crippen LogP contribution is -2.23. The van der Waals surface area contributed by atoms with Gasteiger partial charge < -0.3 is 0 Å². The summed E-state index contributed by atoms with van der Waals surface area (Å²) in [5, 5.41) is 7.15. The second kappa shape index (κ2) is 6.22. The van der Waals surface area contributed by atoms with Gasteiger partial charge in [0, 0.05) is 13.0 Å². The largest absolute Gasteiger partial charge is 0.343 e. The van der Waals surface area contributed by atoms with Gasteiger partial charge in [-0.25, -0.2) is 9.89 Å². The number of carbonyl (C=O) groups excluding carboxylic acids is 1. The molecule has 1 N–H and O–H groups in total. The summed E-state index contributed by atoms with van der Waals surface area (Å²) in [5.74, 6) is 0.295. The van der Waals surface area contributed by atoms with Crippen molar-refractivity contribution < 1.29 is 4.79 Å². The van der Waals surface area contributed by atoms with Crippen molar-refractivity contribution in [3.63, 3.8) is 0 Å². The average molecular weight is 269 g/mol. The molecular weight excluding hydrogens is 250 g/mol. The fraction of sp³-hybridized carbons (Fsp3) is 0.750. The Labute approximate surface area is 110 Å². The van der Waals surface area contributed by atoms with Crippen molar-refractivity contribution in [2.75, 3.05) is 0 Å². The van der Waals surface area contributed by atoms with Crippen molar-refractivity contribution in [2.45, 2.75) is 62.4 Å². The molecule has 0 radical (unpaired) electrons. The Morgan fingerprint density at radius 1 is 1.44 bits per heavy atom. The fourth-order valence-electron chi connectivity index (χ4n) is 2.11. The van der Waals surface area contributed by atoms with Crippen LogP contribution in [0.3, 0.4) is 0 Å². The van der Waals surface area contributed by atoms with E-state index < -0.39 is 0 Å². The van der Waals surface area contributed by atoms with E-state index in [9.17, 15) is 9.59 Å². The number of nitrogens with zero attached hydrogens (tertiary/aromatic N) is 2. The zero-order valence-electron chi connectivity index (χ0n) is 10.6. The summed E-state index contributed by atoms with van der Waals surface area (Å²) in [7, 11) is 0. The minimum atomic E-state index is -0.172. The van der Waals surface area contributed by atoms with E-state index in [0.717, 1.165) is 32.1 Å². The smallest absolute Gasteiger partial charge is 0.298 e. The quantitative estimate of drug-likeness (QED) is 0.887. The third kappa shape index (κ3) is 3.04. The molecule has 1 fully saturated rings. The molecule has 1 atom stereocenters. The van der Waals surface area contributed by atoms with Gasteiger partial charge in [-0.15, -0.1) is 5.10 Å². The number of aromatic nitrogens is 3. The predicted octanol–water partition coefficient (Wildman–Crippen LogP) is 1.98. The van der Waals surface area contributed by atoms with Gasteiger partial charge in [0.15, 0.2) is 5.16 Å². The van der Waals surface area contributed by atoms with Gasteiger partial charge in [-0.2, -0.15) is 0 Å². The summed E-state index contributed by atoms with van der Waals surface area (Å²) in [5.41, 5.74) is -0.172. The molecule has 1 aliphatic rings. The van der Waals surface area contributed by atoms with Crippen LogP contribution in [0, 0.1) is 0 Å². The molecular formula is C12H19N3O2S. The molecule has 100 valence electrons. The Bertz CT molecular complexity index is 466. The van der Waals surface area contributed by atoms with Crippen molar-refractivity contribution in [1.82, 2.24) is 14.8 Å². The van der Waals surface area contributed by atoms with Crippen molar-refractivity contribution in [1.29, 1.82) is 0 Å². The highest BCUT2D eigenvalue weighted by Gasteiger charge is 2.25. The van der Waals surface area contributed by atoms with Gasteiger partial charge in [0.25, 0.3) is 0 Å². The zero-order chi connectivity index (χ0) is 13.0. The number of hydrogen-bond donors (Lipinski definition) is 1. The minimum Gasteiger partial charge on any atom is -0.298 e. The summed E-state index contributed by atoms with van der Waals surface area (Å²) in [6.45, 7) is 2.76. The summed E-state index contributed by atoms with van der Waals surface area (Å²) in [6, 6.07) is 0. The van der Waals surface area contributed by atoms with E-state index in [4.69, 9.17) is 0 Å². The summed E-state index contributed by atoms with van der Waals surface area (Å²) < 4.78 is 1.65. The highest BCUT2D eigenvalue weighted by Crippen LogP contribution is 2.29. The van der Waals surface area contributed by atoms with Crippen molar-refractivity contribution in [2.24, 2.45) is 0 Å². The van der Waals surface area contributed by atoms with Crippen molar-refractivity contribution in [3.05, 3.63) is 10.5 Å². The lowest BCUT2D eigenvalue weighted by atomic mass is 9.99. The average Bonchev–Trinajstić information content (AvgIpc) is 2.71. The molecule has 0 saturated heterocycles. The van der Waals surface area contributed by atoms with Crippen LogP contribution in [-0.2, 0) is 11.3 Å². The minimum absolute atomic E-state index is 0.0191. The number of unbranched alkanes of at least 4 members (excludes halogenated alkanes) is 1. The molecule has 5 nitrogen and oxygen atoms in total. The normalized spacial score (nSPS) is 20.3. The Balaban J connectivity index is 2.08. The molecule has 1 aromatic rings.